The van der Waals surface area contributed by atoms with Crippen LogP contribution in [0.3, 0.4) is 0 Å². The molecule has 0 radical (unpaired) electrons. The zero-order valence-corrected chi connectivity index (χ0v) is 21.7. The largest absolute Gasteiger partial charge is 0.355 e. The van der Waals surface area contributed by atoms with Gasteiger partial charge < -0.3 is 5.32 Å². The lowest BCUT2D eigenvalue weighted by Crippen LogP contribution is -2.43. The molecule has 0 aliphatic carbocycles. The topological polar surface area (TPSA) is 68.9 Å². The smallest absolute Gasteiger partial charge is 0.325 e. The third-order valence-electron chi connectivity index (χ3n) is 5.97. The normalized spacial score (nSPS) is 11.5. The van der Waals surface area contributed by atoms with Gasteiger partial charge in [-0.15, -0.1) is 0 Å². The lowest BCUT2D eigenvalue weighted by atomic mass is 10.1. The molecule has 0 atom stereocenters. The van der Waals surface area contributed by atoms with Crippen molar-refractivity contribution < 1.29 is 8.78 Å². The molecule has 0 unspecified atom stereocenters. The summed E-state index contributed by atoms with van der Waals surface area (Å²) >= 11 is 12.2. The first kappa shape index (κ1) is 26.6. The standard InChI is InChI=1S/C27H24Cl2F2N4O2/c1-3-27(30,31)20-5-4-6-22(14-20)32-24-33-25(36)35(16-19-8-7-17(2)23(29)13-19)26(37)34(24)15-18-9-11-21(28)12-10-18/h4-14H,3,15-16H2,1-2H3,(H,32,33,36). The number of halogens is 4. The van der Waals surface area contributed by atoms with Gasteiger partial charge in [0, 0.05) is 27.7 Å². The van der Waals surface area contributed by atoms with Gasteiger partial charge in [-0.2, -0.15) is 4.98 Å². The van der Waals surface area contributed by atoms with Crippen molar-refractivity contribution >= 4 is 34.8 Å². The Bertz CT molecular complexity index is 1550. The van der Waals surface area contributed by atoms with Gasteiger partial charge in [-0.25, -0.2) is 22.9 Å². The van der Waals surface area contributed by atoms with Crippen molar-refractivity contribution in [2.24, 2.45) is 0 Å². The van der Waals surface area contributed by atoms with E-state index in [0.717, 1.165) is 15.7 Å². The van der Waals surface area contributed by atoms with E-state index in [4.69, 9.17) is 23.2 Å². The van der Waals surface area contributed by atoms with E-state index in [9.17, 15) is 18.4 Å². The minimum absolute atomic E-state index is 0.0379. The summed E-state index contributed by atoms with van der Waals surface area (Å²) in [5, 5.41) is 3.93. The van der Waals surface area contributed by atoms with Gasteiger partial charge in [-0.1, -0.05) is 66.5 Å². The predicted molar refractivity (Wildman–Crippen MR) is 143 cm³/mol. The average molecular weight is 545 g/mol. The minimum atomic E-state index is -3.02. The highest BCUT2D eigenvalue weighted by atomic mass is 35.5. The maximum Gasteiger partial charge on any atom is 0.355 e. The highest BCUT2D eigenvalue weighted by molar-refractivity contribution is 6.31. The van der Waals surface area contributed by atoms with Crippen LogP contribution >= 0.6 is 23.2 Å². The van der Waals surface area contributed by atoms with Crippen molar-refractivity contribution in [1.82, 2.24) is 14.1 Å². The van der Waals surface area contributed by atoms with Crippen LogP contribution in [0.5, 0.6) is 0 Å². The molecule has 3 aromatic carbocycles. The van der Waals surface area contributed by atoms with Gasteiger partial charge in [0.1, 0.15) is 0 Å². The molecule has 1 heterocycles. The minimum Gasteiger partial charge on any atom is -0.325 e. The van der Waals surface area contributed by atoms with E-state index >= 15 is 0 Å². The van der Waals surface area contributed by atoms with Gasteiger partial charge in [0.25, 0.3) is 5.92 Å². The lowest BCUT2D eigenvalue weighted by Gasteiger charge is -2.18. The molecule has 0 saturated heterocycles. The molecule has 4 aromatic rings. The quantitative estimate of drug-likeness (QED) is 0.280. The van der Waals surface area contributed by atoms with Gasteiger partial charge in [0.2, 0.25) is 5.95 Å². The first-order valence-corrected chi connectivity index (χ1v) is 12.3. The Labute approximate surface area is 222 Å². The summed E-state index contributed by atoms with van der Waals surface area (Å²) < 4.78 is 30.8. The molecule has 0 fully saturated rings. The molecule has 37 heavy (non-hydrogen) atoms. The second kappa shape index (κ2) is 10.9. The third kappa shape index (κ3) is 6.09. The molecule has 10 heteroatoms. The van der Waals surface area contributed by atoms with Gasteiger partial charge in [-0.05, 0) is 53.9 Å². The Hall–Kier alpha value is -3.49. The monoisotopic (exact) mass is 544 g/mol. The molecule has 0 saturated carbocycles. The van der Waals surface area contributed by atoms with E-state index < -0.39 is 17.3 Å². The fourth-order valence-electron chi connectivity index (χ4n) is 3.75. The van der Waals surface area contributed by atoms with Crippen molar-refractivity contribution in [1.29, 1.82) is 0 Å². The fourth-order valence-corrected chi connectivity index (χ4v) is 4.08. The van der Waals surface area contributed by atoms with Crippen LogP contribution in [0.1, 0.15) is 35.6 Å². The number of nitrogens with one attached hydrogen (secondary N) is 1. The number of alkyl halides is 2. The van der Waals surface area contributed by atoms with Gasteiger partial charge >= 0.3 is 11.4 Å². The Morgan fingerprint density at radius 2 is 1.59 bits per heavy atom. The van der Waals surface area contributed by atoms with Crippen molar-refractivity contribution in [3.63, 3.8) is 0 Å². The van der Waals surface area contributed by atoms with Gasteiger partial charge in [0.05, 0.1) is 13.1 Å². The van der Waals surface area contributed by atoms with Crippen LogP contribution < -0.4 is 16.7 Å². The lowest BCUT2D eigenvalue weighted by molar-refractivity contribution is -0.00823. The van der Waals surface area contributed by atoms with E-state index in [1.165, 1.54) is 29.7 Å². The van der Waals surface area contributed by atoms with Crippen LogP contribution in [0.15, 0.2) is 76.3 Å². The molecule has 0 spiro atoms. The average Bonchev–Trinajstić information content (AvgIpc) is 2.87. The first-order valence-electron chi connectivity index (χ1n) is 11.5. The third-order valence-corrected chi connectivity index (χ3v) is 6.63. The number of benzene rings is 3. The van der Waals surface area contributed by atoms with E-state index in [1.54, 1.807) is 48.5 Å². The summed E-state index contributed by atoms with van der Waals surface area (Å²) in [6.45, 7) is 3.27. The zero-order valence-electron chi connectivity index (χ0n) is 20.1. The number of rotatable bonds is 8. The highest BCUT2D eigenvalue weighted by Gasteiger charge is 2.29. The Morgan fingerprint density at radius 3 is 2.27 bits per heavy atom. The molecule has 0 amide bonds. The first-order chi connectivity index (χ1) is 17.6. The van der Waals surface area contributed by atoms with E-state index in [-0.39, 0.29) is 36.7 Å². The molecule has 0 aliphatic rings. The van der Waals surface area contributed by atoms with E-state index in [0.29, 0.717) is 15.6 Å². The number of anilines is 2. The van der Waals surface area contributed by atoms with Gasteiger partial charge in [0.15, 0.2) is 0 Å². The molecular weight excluding hydrogens is 521 g/mol. The summed E-state index contributed by atoms with van der Waals surface area (Å²) in [4.78, 5) is 30.6. The summed E-state index contributed by atoms with van der Waals surface area (Å²) in [5.41, 5.74) is 0.930. The van der Waals surface area contributed by atoms with Crippen LogP contribution in [0.25, 0.3) is 0 Å². The fraction of sp³-hybridized carbons (Fsp3) is 0.222. The number of hydrogen-bond acceptors (Lipinski definition) is 4. The van der Waals surface area contributed by atoms with Crippen molar-refractivity contribution in [2.75, 3.05) is 5.32 Å². The van der Waals surface area contributed by atoms with Gasteiger partial charge in [-0.3, -0.25) is 4.57 Å². The molecule has 6 nitrogen and oxygen atoms in total. The highest BCUT2D eigenvalue weighted by Crippen LogP contribution is 2.33. The molecule has 4 rings (SSSR count). The van der Waals surface area contributed by atoms with Crippen molar-refractivity contribution in [3.8, 4) is 0 Å². The number of hydrogen-bond donors (Lipinski definition) is 1. The van der Waals surface area contributed by atoms with Crippen LogP contribution in [0.2, 0.25) is 10.0 Å². The Kier molecular flexibility index (Phi) is 7.80. The molecule has 0 aliphatic heterocycles. The molecule has 1 aromatic heterocycles. The maximum absolute atomic E-state index is 14.3. The number of aromatic nitrogens is 3. The molecule has 1 N–H and O–H groups in total. The van der Waals surface area contributed by atoms with E-state index in [1.807, 2.05) is 6.92 Å². The maximum atomic E-state index is 14.3. The summed E-state index contributed by atoms with van der Waals surface area (Å²) in [6.07, 6.45) is -0.366. The van der Waals surface area contributed by atoms with Crippen LogP contribution in [-0.2, 0) is 19.0 Å². The summed E-state index contributed by atoms with van der Waals surface area (Å²) in [7, 11) is 0. The molecular formula is C27H24Cl2F2N4O2. The van der Waals surface area contributed by atoms with Crippen LogP contribution in [-0.4, -0.2) is 14.1 Å². The van der Waals surface area contributed by atoms with Crippen LogP contribution in [0, 0.1) is 6.92 Å². The van der Waals surface area contributed by atoms with Crippen LogP contribution in [0.4, 0.5) is 20.4 Å². The summed E-state index contributed by atoms with van der Waals surface area (Å²) in [6, 6.07) is 17.8. The van der Waals surface area contributed by atoms with Crippen molar-refractivity contribution in [3.05, 3.63) is 120 Å². The predicted octanol–water partition coefficient (Wildman–Crippen LogP) is 6.36. The molecule has 0 bridgehead atoms. The summed E-state index contributed by atoms with van der Waals surface area (Å²) in [5.74, 6) is -3.09. The Morgan fingerprint density at radius 1 is 0.919 bits per heavy atom. The second-order valence-corrected chi connectivity index (χ2v) is 9.49. The van der Waals surface area contributed by atoms with Crippen molar-refractivity contribution in [2.45, 2.75) is 39.3 Å². The number of aryl methyl sites for hydroxylation is 1. The second-order valence-electron chi connectivity index (χ2n) is 8.65. The Balaban J connectivity index is 1.79. The van der Waals surface area contributed by atoms with E-state index in [2.05, 4.69) is 10.3 Å². The number of nitrogens with zero attached hydrogens (tertiary/aromatic N) is 3. The SMILES string of the molecule is CCC(F)(F)c1cccc(Nc2nc(=O)n(Cc3ccc(C)c(Cl)c3)c(=O)n2Cc2ccc(Cl)cc2)c1. The zero-order chi connectivity index (χ0) is 26.7. The molecule has 192 valence electrons.